The first-order valence-corrected chi connectivity index (χ1v) is 7.56. The van der Waals surface area contributed by atoms with Gasteiger partial charge < -0.3 is 10.5 Å². The standard InChI is InChI=1S/C15H17ClN2OS/c1-9-7-18-13(10(2)14(9)19-3)8-20-15-11(16)5-4-6-12(15)17/h4-7H,8,17H2,1-3H3. The molecule has 3 nitrogen and oxygen atoms in total. The normalized spacial score (nSPS) is 10.6. The molecule has 2 rings (SSSR count). The number of halogens is 1. The van der Waals surface area contributed by atoms with Crippen LogP contribution in [0.25, 0.3) is 0 Å². The van der Waals surface area contributed by atoms with Gasteiger partial charge in [-0.1, -0.05) is 17.7 Å². The van der Waals surface area contributed by atoms with E-state index in [2.05, 4.69) is 4.98 Å². The Kier molecular flexibility index (Phi) is 4.78. The predicted octanol–water partition coefficient (Wildman–Crippen LogP) is 4.23. The number of nitrogens with zero attached hydrogens (tertiary/aromatic N) is 1. The zero-order valence-corrected chi connectivity index (χ0v) is 13.3. The molecule has 0 spiro atoms. The van der Waals surface area contributed by atoms with E-state index >= 15 is 0 Å². The number of aromatic nitrogens is 1. The van der Waals surface area contributed by atoms with Gasteiger partial charge in [0.2, 0.25) is 0 Å². The first-order valence-electron chi connectivity index (χ1n) is 6.20. The fourth-order valence-electron chi connectivity index (χ4n) is 2.03. The van der Waals surface area contributed by atoms with Crippen LogP contribution in [-0.4, -0.2) is 12.1 Å². The molecule has 106 valence electrons. The molecule has 0 bridgehead atoms. The van der Waals surface area contributed by atoms with Crippen LogP contribution in [0, 0.1) is 13.8 Å². The van der Waals surface area contributed by atoms with Crippen LogP contribution in [0.1, 0.15) is 16.8 Å². The smallest absolute Gasteiger partial charge is 0.128 e. The topological polar surface area (TPSA) is 48.1 Å². The zero-order valence-electron chi connectivity index (χ0n) is 11.7. The van der Waals surface area contributed by atoms with Crippen molar-refractivity contribution in [1.82, 2.24) is 4.98 Å². The summed E-state index contributed by atoms with van der Waals surface area (Å²) in [6.45, 7) is 4.01. The number of hydrogen-bond acceptors (Lipinski definition) is 4. The number of nitrogen functional groups attached to an aromatic ring is 1. The lowest BCUT2D eigenvalue weighted by molar-refractivity contribution is 0.407. The van der Waals surface area contributed by atoms with Crippen molar-refractivity contribution < 1.29 is 4.74 Å². The predicted molar refractivity (Wildman–Crippen MR) is 85.7 cm³/mol. The van der Waals surface area contributed by atoms with Gasteiger partial charge in [-0.25, -0.2) is 0 Å². The fraction of sp³-hybridized carbons (Fsp3) is 0.267. The SMILES string of the molecule is COc1c(C)cnc(CSc2c(N)cccc2Cl)c1C. The van der Waals surface area contributed by atoms with E-state index in [1.807, 2.05) is 38.2 Å². The molecule has 20 heavy (non-hydrogen) atoms. The lowest BCUT2D eigenvalue weighted by atomic mass is 10.1. The molecule has 0 aliphatic heterocycles. The van der Waals surface area contributed by atoms with Gasteiger partial charge in [-0.3, -0.25) is 4.98 Å². The highest BCUT2D eigenvalue weighted by atomic mass is 35.5. The molecule has 0 unspecified atom stereocenters. The van der Waals surface area contributed by atoms with Crippen molar-refractivity contribution in [3.63, 3.8) is 0 Å². The Hall–Kier alpha value is -1.39. The highest BCUT2D eigenvalue weighted by molar-refractivity contribution is 7.98. The van der Waals surface area contributed by atoms with Crippen molar-refractivity contribution in [2.75, 3.05) is 12.8 Å². The molecule has 0 amide bonds. The number of rotatable bonds is 4. The van der Waals surface area contributed by atoms with Crippen LogP contribution < -0.4 is 10.5 Å². The monoisotopic (exact) mass is 308 g/mol. The van der Waals surface area contributed by atoms with Crippen LogP contribution in [0.5, 0.6) is 5.75 Å². The van der Waals surface area contributed by atoms with Gasteiger partial charge in [0.25, 0.3) is 0 Å². The molecule has 2 aromatic rings. The zero-order chi connectivity index (χ0) is 14.7. The van der Waals surface area contributed by atoms with E-state index in [1.165, 1.54) is 0 Å². The van der Waals surface area contributed by atoms with Crippen molar-refractivity contribution in [2.24, 2.45) is 0 Å². The summed E-state index contributed by atoms with van der Waals surface area (Å²) >= 11 is 7.76. The van der Waals surface area contributed by atoms with Gasteiger partial charge in [0, 0.05) is 33.7 Å². The maximum atomic E-state index is 6.17. The fourth-order valence-corrected chi connectivity index (χ4v) is 3.39. The molecule has 1 aromatic carbocycles. The minimum atomic E-state index is 0.673. The van der Waals surface area contributed by atoms with Gasteiger partial charge in [0.1, 0.15) is 5.75 Å². The van der Waals surface area contributed by atoms with Crippen LogP contribution in [0.4, 0.5) is 5.69 Å². The summed E-state index contributed by atoms with van der Waals surface area (Å²) < 4.78 is 5.42. The lowest BCUT2D eigenvalue weighted by Gasteiger charge is -2.13. The molecule has 0 saturated heterocycles. The summed E-state index contributed by atoms with van der Waals surface area (Å²) in [7, 11) is 1.68. The number of nitrogens with two attached hydrogens (primary N) is 1. The second-order valence-corrected chi connectivity index (χ2v) is 5.89. The molecule has 0 atom stereocenters. The lowest BCUT2D eigenvalue weighted by Crippen LogP contribution is -1.99. The number of methoxy groups -OCH3 is 1. The summed E-state index contributed by atoms with van der Waals surface area (Å²) in [4.78, 5) is 5.37. The molecule has 0 radical (unpaired) electrons. The number of aryl methyl sites for hydroxylation is 1. The maximum absolute atomic E-state index is 6.17. The number of hydrogen-bond donors (Lipinski definition) is 1. The Bertz CT molecular complexity index is 611. The third kappa shape index (κ3) is 3.02. The van der Waals surface area contributed by atoms with E-state index in [1.54, 1.807) is 18.9 Å². The molecule has 0 fully saturated rings. The minimum absolute atomic E-state index is 0.673. The Morgan fingerprint density at radius 1 is 1.35 bits per heavy atom. The van der Waals surface area contributed by atoms with Gasteiger partial charge >= 0.3 is 0 Å². The molecule has 2 N–H and O–H groups in total. The second kappa shape index (κ2) is 6.37. The second-order valence-electron chi connectivity index (χ2n) is 4.49. The average Bonchev–Trinajstić information content (AvgIpc) is 2.41. The Balaban J connectivity index is 2.24. The van der Waals surface area contributed by atoms with Gasteiger partial charge in [0.15, 0.2) is 0 Å². The largest absolute Gasteiger partial charge is 0.496 e. The molecule has 0 aliphatic rings. The summed E-state index contributed by atoms with van der Waals surface area (Å²) in [5.74, 6) is 1.60. The van der Waals surface area contributed by atoms with Crippen LogP contribution in [0.2, 0.25) is 5.02 Å². The molecular formula is C15H17ClN2OS. The molecule has 5 heteroatoms. The van der Waals surface area contributed by atoms with Crippen LogP contribution in [0.3, 0.4) is 0 Å². The van der Waals surface area contributed by atoms with Gasteiger partial charge in [-0.15, -0.1) is 11.8 Å². The molecule has 1 heterocycles. The van der Waals surface area contributed by atoms with Crippen LogP contribution in [0.15, 0.2) is 29.3 Å². The van der Waals surface area contributed by atoms with Gasteiger partial charge in [-0.2, -0.15) is 0 Å². The number of benzene rings is 1. The van der Waals surface area contributed by atoms with Gasteiger partial charge in [-0.05, 0) is 26.0 Å². The van der Waals surface area contributed by atoms with Crippen molar-refractivity contribution in [3.05, 3.63) is 46.2 Å². The highest BCUT2D eigenvalue weighted by Crippen LogP contribution is 2.35. The molecule has 1 aromatic heterocycles. The van der Waals surface area contributed by atoms with Crippen molar-refractivity contribution in [1.29, 1.82) is 0 Å². The van der Waals surface area contributed by atoms with Crippen LogP contribution in [-0.2, 0) is 5.75 Å². The first-order chi connectivity index (χ1) is 9.54. The van der Waals surface area contributed by atoms with Crippen molar-refractivity contribution >= 4 is 29.1 Å². The quantitative estimate of drug-likeness (QED) is 0.678. The van der Waals surface area contributed by atoms with E-state index < -0.39 is 0 Å². The number of anilines is 1. The summed E-state index contributed by atoms with van der Waals surface area (Å²) in [6.07, 6.45) is 1.83. The molecule has 0 saturated carbocycles. The van der Waals surface area contributed by atoms with E-state index in [0.717, 1.165) is 27.5 Å². The Morgan fingerprint density at radius 2 is 2.10 bits per heavy atom. The number of pyridine rings is 1. The number of thioether (sulfide) groups is 1. The summed E-state index contributed by atoms with van der Waals surface area (Å²) in [5, 5.41) is 0.673. The number of ether oxygens (including phenoxy) is 1. The average molecular weight is 309 g/mol. The Morgan fingerprint density at radius 3 is 2.75 bits per heavy atom. The van der Waals surface area contributed by atoms with Crippen molar-refractivity contribution in [3.8, 4) is 5.75 Å². The van der Waals surface area contributed by atoms with E-state index in [0.29, 0.717) is 16.5 Å². The minimum Gasteiger partial charge on any atom is -0.496 e. The molecule has 0 aliphatic carbocycles. The molecular weight excluding hydrogens is 292 g/mol. The summed E-state index contributed by atoms with van der Waals surface area (Å²) in [5.41, 5.74) is 9.73. The van der Waals surface area contributed by atoms with E-state index in [-0.39, 0.29) is 0 Å². The van der Waals surface area contributed by atoms with E-state index in [4.69, 9.17) is 22.1 Å². The Labute approximate surface area is 128 Å². The van der Waals surface area contributed by atoms with E-state index in [9.17, 15) is 0 Å². The maximum Gasteiger partial charge on any atom is 0.128 e. The first kappa shape index (κ1) is 15.0. The van der Waals surface area contributed by atoms with Gasteiger partial charge in [0.05, 0.1) is 17.8 Å². The van der Waals surface area contributed by atoms with Crippen molar-refractivity contribution in [2.45, 2.75) is 24.5 Å². The third-order valence-corrected chi connectivity index (χ3v) is 4.69. The third-order valence-electron chi connectivity index (χ3n) is 3.10. The summed E-state index contributed by atoms with van der Waals surface area (Å²) in [6, 6.07) is 5.54. The van der Waals surface area contributed by atoms with Crippen LogP contribution >= 0.6 is 23.4 Å². The highest BCUT2D eigenvalue weighted by Gasteiger charge is 2.11.